The Morgan fingerprint density at radius 2 is 1.93 bits per heavy atom. The SMILES string of the molecule is NC1CCC(NCC2CCCN2)CC1. The van der Waals surface area contributed by atoms with E-state index in [4.69, 9.17) is 5.73 Å². The summed E-state index contributed by atoms with van der Waals surface area (Å²) in [5.74, 6) is 0. The van der Waals surface area contributed by atoms with Gasteiger partial charge in [-0.15, -0.1) is 0 Å². The highest BCUT2D eigenvalue weighted by molar-refractivity contribution is 4.82. The summed E-state index contributed by atoms with van der Waals surface area (Å²) in [7, 11) is 0. The smallest absolute Gasteiger partial charge is 0.0193 e. The first-order valence-corrected chi connectivity index (χ1v) is 6.07. The third-order valence-corrected chi connectivity index (χ3v) is 3.59. The van der Waals surface area contributed by atoms with Gasteiger partial charge in [0.25, 0.3) is 0 Å². The van der Waals surface area contributed by atoms with Crippen molar-refractivity contribution < 1.29 is 0 Å². The zero-order chi connectivity index (χ0) is 9.80. The van der Waals surface area contributed by atoms with Crippen molar-refractivity contribution in [3.05, 3.63) is 0 Å². The second-order valence-corrected chi connectivity index (χ2v) is 4.81. The summed E-state index contributed by atoms with van der Waals surface area (Å²) in [6, 6.07) is 1.93. The summed E-state index contributed by atoms with van der Waals surface area (Å²) in [4.78, 5) is 0. The van der Waals surface area contributed by atoms with Gasteiger partial charge in [-0.2, -0.15) is 0 Å². The predicted octanol–water partition coefficient (Wildman–Crippen LogP) is 0.598. The van der Waals surface area contributed by atoms with Gasteiger partial charge < -0.3 is 16.4 Å². The maximum atomic E-state index is 5.88. The quantitative estimate of drug-likeness (QED) is 0.621. The molecule has 0 bridgehead atoms. The fourth-order valence-corrected chi connectivity index (χ4v) is 2.56. The van der Waals surface area contributed by atoms with Crippen LogP contribution in [0.25, 0.3) is 0 Å². The van der Waals surface area contributed by atoms with Gasteiger partial charge in [0.1, 0.15) is 0 Å². The standard InChI is InChI=1S/C11H23N3/c12-9-3-5-10(6-4-9)14-8-11-2-1-7-13-11/h9-11,13-14H,1-8,12H2. The van der Waals surface area contributed by atoms with Gasteiger partial charge in [0.2, 0.25) is 0 Å². The van der Waals surface area contributed by atoms with E-state index in [0.29, 0.717) is 6.04 Å². The lowest BCUT2D eigenvalue weighted by atomic mass is 9.92. The Kier molecular flexibility index (Phi) is 3.79. The highest BCUT2D eigenvalue weighted by atomic mass is 15.0. The molecular weight excluding hydrogens is 174 g/mol. The van der Waals surface area contributed by atoms with E-state index in [-0.39, 0.29) is 0 Å². The van der Waals surface area contributed by atoms with Crippen LogP contribution in [-0.2, 0) is 0 Å². The normalized spacial score (nSPS) is 38.8. The van der Waals surface area contributed by atoms with E-state index in [2.05, 4.69) is 10.6 Å². The Balaban J connectivity index is 1.60. The van der Waals surface area contributed by atoms with Crippen molar-refractivity contribution in [1.29, 1.82) is 0 Å². The van der Waals surface area contributed by atoms with Gasteiger partial charge >= 0.3 is 0 Å². The van der Waals surface area contributed by atoms with E-state index < -0.39 is 0 Å². The van der Waals surface area contributed by atoms with Gasteiger partial charge in [0.05, 0.1) is 0 Å². The topological polar surface area (TPSA) is 50.1 Å². The molecule has 3 heteroatoms. The van der Waals surface area contributed by atoms with Crippen LogP contribution in [0.15, 0.2) is 0 Å². The number of nitrogens with one attached hydrogen (secondary N) is 2. The molecule has 1 aliphatic heterocycles. The molecule has 1 heterocycles. The first-order valence-electron chi connectivity index (χ1n) is 6.07. The minimum Gasteiger partial charge on any atom is -0.328 e. The highest BCUT2D eigenvalue weighted by Crippen LogP contribution is 2.17. The summed E-state index contributed by atoms with van der Waals surface area (Å²) in [6.45, 7) is 2.36. The van der Waals surface area contributed by atoms with Crippen molar-refractivity contribution in [2.45, 2.75) is 56.7 Å². The molecule has 0 radical (unpaired) electrons. The largest absolute Gasteiger partial charge is 0.328 e. The average molecular weight is 197 g/mol. The average Bonchev–Trinajstić information content (AvgIpc) is 2.70. The van der Waals surface area contributed by atoms with Gasteiger partial charge in [-0.1, -0.05) is 0 Å². The van der Waals surface area contributed by atoms with Crippen molar-refractivity contribution in [3.8, 4) is 0 Å². The van der Waals surface area contributed by atoms with Crippen LogP contribution in [0.2, 0.25) is 0 Å². The van der Waals surface area contributed by atoms with E-state index in [1.165, 1.54) is 45.1 Å². The molecule has 0 aromatic heterocycles. The molecule has 2 fully saturated rings. The molecule has 1 saturated heterocycles. The Morgan fingerprint density at radius 3 is 2.57 bits per heavy atom. The van der Waals surface area contributed by atoms with E-state index in [0.717, 1.165) is 18.6 Å². The van der Waals surface area contributed by atoms with E-state index >= 15 is 0 Å². The Hall–Kier alpha value is -0.120. The molecule has 0 aromatic rings. The van der Waals surface area contributed by atoms with Crippen LogP contribution in [-0.4, -0.2) is 31.2 Å². The predicted molar refractivity (Wildman–Crippen MR) is 59.3 cm³/mol. The number of rotatable bonds is 3. The van der Waals surface area contributed by atoms with Crippen LogP contribution in [0.5, 0.6) is 0 Å². The summed E-state index contributed by atoms with van der Waals surface area (Å²) in [6.07, 6.45) is 7.65. The molecule has 0 spiro atoms. The maximum Gasteiger partial charge on any atom is 0.0193 e. The van der Waals surface area contributed by atoms with Crippen LogP contribution in [0.1, 0.15) is 38.5 Å². The van der Waals surface area contributed by atoms with Crippen LogP contribution in [0, 0.1) is 0 Å². The van der Waals surface area contributed by atoms with Crippen LogP contribution < -0.4 is 16.4 Å². The van der Waals surface area contributed by atoms with Crippen molar-refractivity contribution >= 4 is 0 Å². The highest BCUT2D eigenvalue weighted by Gasteiger charge is 2.20. The van der Waals surface area contributed by atoms with Crippen LogP contribution in [0.3, 0.4) is 0 Å². The fraction of sp³-hybridized carbons (Fsp3) is 1.00. The molecular formula is C11H23N3. The summed E-state index contributed by atoms with van der Waals surface area (Å²) in [5, 5.41) is 7.18. The molecule has 0 amide bonds. The Bertz CT molecular complexity index is 158. The van der Waals surface area contributed by atoms with Gasteiger partial charge in [-0.25, -0.2) is 0 Å². The molecule has 2 aliphatic rings. The summed E-state index contributed by atoms with van der Waals surface area (Å²) in [5.41, 5.74) is 5.88. The van der Waals surface area contributed by atoms with Crippen molar-refractivity contribution in [2.75, 3.05) is 13.1 Å². The molecule has 1 saturated carbocycles. The lowest BCUT2D eigenvalue weighted by molar-refractivity contribution is 0.333. The van der Waals surface area contributed by atoms with Crippen LogP contribution >= 0.6 is 0 Å². The zero-order valence-electron chi connectivity index (χ0n) is 8.97. The summed E-state index contributed by atoms with van der Waals surface area (Å²) >= 11 is 0. The minimum absolute atomic E-state index is 0.470. The third-order valence-electron chi connectivity index (χ3n) is 3.59. The van der Waals surface area contributed by atoms with E-state index in [1.54, 1.807) is 0 Å². The molecule has 1 atom stereocenters. The first kappa shape index (κ1) is 10.4. The fourth-order valence-electron chi connectivity index (χ4n) is 2.56. The monoisotopic (exact) mass is 197 g/mol. The molecule has 82 valence electrons. The van der Waals surface area contributed by atoms with E-state index in [9.17, 15) is 0 Å². The van der Waals surface area contributed by atoms with Crippen molar-refractivity contribution in [3.63, 3.8) is 0 Å². The number of nitrogens with two attached hydrogens (primary N) is 1. The first-order chi connectivity index (χ1) is 6.84. The van der Waals surface area contributed by atoms with Gasteiger partial charge in [-0.3, -0.25) is 0 Å². The maximum absolute atomic E-state index is 5.88. The zero-order valence-corrected chi connectivity index (χ0v) is 8.97. The lowest BCUT2D eigenvalue weighted by Crippen LogP contribution is -2.42. The molecule has 4 N–H and O–H groups in total. The molecule has 1 unspecified atom stereocenters. The molecule has 3 nitrogen and oxygen atoms in total. The molecule has 2 rings (SSSR count). The Morgan fingerprint density at radius 1 is 1.14 bits per heavy atom. The van der Waals surface area contributed by atoms with Crippen molar-refractivity contribution in [2.24, 2.45) is 5.73 Å². The molecule has 0 aromatic carbocycles. The van der Waals surface area contributed by atoms with Gasteiger partial charge in [0.15, 0.2) is 0 Å². The minimum atomic E-state index is 0.470. The summed E-state index contributed by atoms with van der Waals surface area (Å²) < 4.78 is 0. The lowest BCUT2D eigenvalue weighted by Gasteiger charge is -2.28. The van der Waals surface area contributed by atoms with E-state index in [1.807, 2.05) is 0 Å². The second kappa shape index (κ2) is 5.10. The Labute approximate surface area is 86.8 Å². The number of hydrogen-bond acceptors (Lipinski definition) is 3. The van der Waals surface area contributed by atoms with Gasteiger partial charge in [0, 0.05) is 24.7 Å². The number of hydrogen-bond donors (Lipinski definition) is 3. The van der Waals surface area contributed by atoms with Gasteiger partial charge in [-0.05, 0) is 45.1 Å². The third kappa shape index (κ3) is 2.94. The van der Waals surface area contributed by atoms with Crippen LogP contribution in [0.4, 0.5) is 0 Å². The second-order valence-electron chi connectivity index (χ2n) is 4.81. The molecule has 1 aliphatic carbocycles. The van der Waals surface area contributed by atoms with Crippen molar-refractivity contribution in [1.82, 2.24) is 10.6 Å². The molecule has 14 heavy (non-hydrogen) atoms.